The number of aliphatic hydroxyl groups excluding tert-OH is 1. The number of aromatic nitrogens is 4. The van der Waals surface area contributed by atoms with Gasteiger partial charge in [-0.2, -0.15) is 5.10 Å². The van der Waals surface area contributed by atoms with Gasteiger partial charge in [0.25, 0.3) is 0 Å². The quantitative estimate of drug-likeness (QED) is 0.808. The maximum atomic E-state index is 10.6. The first-order valence-corrected chi connectivity index (χ1v) is 7.01. The zero-order valence-corrected chi connectivity index (χ0v) is 12.5. The van der Waals surface area contributed by atoms with E-state index in [0.717, 1.165) is 22.5 Å². The molecule has 0 aliphatic rings. The maximum absolute atomic E-state index is 10.6. The van der Waals surface area contributed by atoms with Crippen LogP contribution in [0, 0.1) is 6.92 Å². The van der Waals surface area contributed by atoms with Gasteiger partial charge < -0.3 is 5.11 Å². The Morgan fingerprint density at radius 1 is 1.29 bits per heavy atom. The Kier molecular flexibility index (Phi) is 3.61. The number of rotatable bonds is 3. The summed E-state index contributed by atoms with van der Waals surface area (Å²) in [4.78, 5) is 8.57. The average Bonchev–Trinajstić information content (AvgIpc) is 2.73. The number of aliphatic hydroxyl groups is 1. The molecule has 0 fully saturated rings. The van der Waals surface area contributed by atoms with Gasteiger partial charge in [-0.15, -0.1) is 0 Å². The zero-order chi connectivity index (χ0) is 15.0. The molecule has 3 aromatic rings. The highest BCUT2D eigenvalue weighted by atomic mass is 35.5. The van der Waals surface area contributed by atoms with Crippen LogP contribution in [-0.2, 0) is 13.5 Å². The maximum Gasteiger partial charge on any atom is 0.0944 e. The highest BCUT2D eigenvalue weighted by Crippen LogP contribution is 2.28. The van der Waals surface area contributed by atoms with Gasteiger partial charge in [-0.3, -0.25) is 14.6 Å². The Bertz CT molecular complexity index is 794. The number of para-hydroxylation sites is 1. The second-order valence-corrected chi connectivity index (χ2v) is 5.34. The molecule has 0 spiro atoms. The Morgan fingerprint density at radius 2 is 2.05 bits per heavy atom. The van der Waals surface area contributed by atoms with E-state index in [1.54, 1.807) is 17.1 Å². The van der Waals surface area contributed by atoms with Crippen LogP contribution >= 0.6 is 11.6 Å². The Labute approximate surface area is 127 Å². The van der Waals surface area contributed by atoms with Crippen molar-refractivity contribution in [1.29, 1.82) is 0 Å². The number of benzene rings is 1. The van der Waals surface area contributed by atoms with E-state index in [1.807, 2.05) is 32.2 Å². The summed E-state index contributed by atoms with van der Waals surface area (Å²) in [5.41, 5.74) is 3.79. The molecule has 2 aromatic heterocycles. The van der Waals surface area contributed by atoms with Crippen molar-refractivity contribution < 1.29 is 5.11 Å². The molecule has 3 rings (SSSR count). The van der Waals surface area contributed by atoms with Gasteiger partial charge in [0.15, 0.2) is 0 Å². The van der Waals surface area contributed by atoms with E-state index < -0.39 is 6.10 Å². The smallest absolute Gasteiger partial charge is 0.0944 e. The first-order valence-electron chi connectivity index (χ1n) is 6.63. The van der Waals surface area contributed by atoms with Gasteiger partial charge in [0.1, 0.15) is 0 Å². The first kappa shape index (κ1) is 14.0. The lowest BCUT2D eigenvalue weighted by atomic mass is 10.0. The van der Waals surface area contributed by atoms with Gasteiger partial charge >= 0.3 is 0 Å². The van der Waals surface area contributed by atoms with Crippen molar-refractivity contribution in [2.45, 2.75) is 19.4 Å². The molecule has 1 N–H and O–H groups in total. The fraction of sp³-hybridized carbons (Fsp3) is 0.267. The van der Waals surface area contributed by atoms with Crippen LogP contribution in [0.5, 0.6) is 0 Å². The summed E-state index contributed by atoms with van der Waals surface area (Å²) in [6.45, 7) is 1.85. The second kappa shape index (κ2) is 5.42. The third kappa shape index (κ3) is 2.50. The molecule has 0 radical (unpaired) electrons. The lowest BCUT2D eigenvalue weighted by molar-refractivity contribution is 0.177. The first-order chi connectivity index (χ1) is 10.1. The Balaban J connectivity index is 1.99. The van der Waals surface area contributed by atoms with E-state index in [9.17, 15) is 5.11 Å². The number of hydrogen-bond donors (Lipinski definition) is 1. The van der Waals surface area contributed by atoms with Gasteiger partial charge in [0.05, 0.1) is 33.5 Å². The van der Waals surface area contributed by atoms with Crippen molar-refractivity contribution in [3.8, 4) is 0 Å². The molecule has 6 heteroatoms. The molecule has 1 aromatic carbocycles. The lowest BCUT2D eigenvalue weighted by Crippen LogP contribution is -2.08. The number of aryl methyl sites for hydroxylation is 2. The standard InChI is InChI=1S/C15H15ClN4O/c1-9-14(16)12(20(2)19-9)8-13(21)10-4-3-5-11-15(10)18-7-6-17-11/h3-7,13,21H,8H2,1-2H3. The number of halogens is 1. The van der Waals surface area contributed by atoms with Crippen molar-refractivity contribution in [2.24, 2.45) is 7.05 Å². The molecule has 2 heterocycles. The van der Waals surface area contributed by atoms with Crippen molar-refractivity contribution in [1.82, 2.24) is 19.7 Å². The van der Waals surface area contributed by atoms with Gasteiger partial charge in [0, 0.05) is 31.4 Å². The molecule has 0 aliphatic heterocycles. The number of fused-ring (bicyclic) bond motifs is 1. The minimum Gasteiger partial charge on any atom is -0.388 e. The number of nitrogens with zero attached hydrogens (tertiary/aromatic N) is 4. The molecule has 1 unspecified atom stereocenters. The van der Waals surface area contributed by atoms with E-state index >= 15 is 0 Å². The SMILES string of the molecule is Cc1nn(C)c(CC(O)c2cccc3nccnc23)c1Cl. The van der Waals surface area contributed by atoms with Crippen LogP contribution in [0.15, 0.2) is 30.6 Å². The van der Waals surface area contributed by atoms with Crippen LogP contribution in [0.4, 0.5) is 0 Å². The monoisotopic (exact) mass is 302 g/mol. The van der Waals surface area contributed by atoms with Crippen LogP contribution < -0.4 is 0 Å². The van der Waals surface area contributed by atoms with Crippen LogP contribution in [0.1, 0.15) is 23.1 Å². The van der Waals surface area contributed by atoms with E-state index in [-0.39, 0.29) is 0 Å². The van der Waals surface area contributed by atoms with Crippen molar-refractivity contribution >= 4 is 22.6 Å². The summed E-state index contributed by atoms with van der Waals surface area (Å²) in [7, 11) is 1.82. The molecule has 1 atom stereocenters. The minimum atomic E-state index is -0.710. The summed E-state index contributed by atoms with van der Waals surface area (Å²) in [6.07, 6.45) is 2.93. The predicted molar refractivity (Wildman–Crippen MR) is 81.2 cm³/mol. The van der Waals surface area contributed by atoms with Crippen molar-refractivity contribution in [3.63, 3.8) is 0 Å². The summed E-state index contributed by atoms with van der Waals surface area (Å²) >= 11 is 6.24. The fourth-order valence-corrected chi connectivity index (χ4v) is 2.72. The molecular weight excluding hydrogens is 288 g/mol. The third-order valence-electron chi connectivity index (χ3n) is 3.54. The summed E-state index contributed by atoms with van der Waals surface area (Å²) in [5.74, 6) is 0. The molecule has 0 saturated heterocycles. The van der Waals surface area contributed by atoms with Crippen LogP contribution in [0.2, 0.25) is 5.02 Å². The largest absolute Gasteiger partial charge is 0.388 e. The lowest BCUT2D eigenvalue weighted by Gasteiger charge is -2.13. The summed E-state index contributed by atoms with van der Waals surface area (Å²) < 4.78 is 1.71. The molecule has 21 heavy (non-hydrogen) atoms. The minimum absolute atomic E-state index is 0.381. The predicted octanol–water partition coefficient (Wildman–Crippen LogP) is 2.60. The van der Waals surface area contributed by atoms with Crippen LogP contribution in [0.25, 0.3) is 11.0 Å². The van der Waals surface area contributed by atoms with E-state index in [1.165, 1.54) is 0 Å². The van der Waals surface area contributed by atoms with Crippen LogP contribution in [0.3, 0.4) is 0 Å². The molecule has 0 aliphatic carbocycles. The topological polar surface area (TPSA) is 63.8 Å². The molecule has 0 saturated carbocycles. The highest BCUT2D eigenvalue weighted by molar-refractivity contribution is 6.31. The Hall–Kier alpha value is -1.98. The van der Waals surface area contributed by atoms with Gasteiger partial charge in [-0.1, -0.05) is 23.7 Å². The van der Waals surface area contributed by atoms with Crippen LogP contribution in [-0.4, -0.2) is 24.9 Å². The van der Waals surface area contributed by atoms with Crippen molar-refractivity contribution in [3.05, 3.63) is 52.6 Å². The van der Waals surface area contributed by atoms with E-state index in [0.29, 0.717) is 17.0 Å². The average molecular weight is 303 g/mol. The highest BCUT2D eigenvalue weighted by Gasteiger charge is 2.18. The van der Waals surface area contributed by atoms with Crippen molar-refractivity contribution in [2.75, 3.05) is 0 Å². The van der Waals surface area contributed by atoms with E-state index in [4.69, 9.17) is 11.6 Å². The third-order valence-corrected chi connectivity index (χ3v) is 4.03. The number of hydrogen-bond acceptors (Lipinski definition) is 4. The van der Waals surface area contributed by atoms with E-state index in [2.05, 4.69) is 15.1 Å². The summed E-state index contributed by atoms with van der Waals surface area (Å²) in [6, 6.07) is 5.60. The molecule has 5 nitrogen and oxygen atoms in total. The fourth-order valence-electron chi connectivity index (χ4n) is 2.48. The molecule has 0 bridgehead atoms. The normalized spacial score (nSPS) is 12.8. The van der Waals surface area contributed by atoms with Gasteiger partial charge in [-0.05, 0) is 13.0 Å². The van der Waals surface area contributed by atoms with Gasteiger partial charge in [-0.25, -0.2) is 0 Å². The second-order valence-electron chi connectivity index (χ2n) is 4.96. The summed E-state index contributed by atoms with van der Waals surface area (Å²) in [5, 5.41) is 15.4. The zero-order valence-electron chi connectivity index (χ0n) is 11.8. The molecule has 108 valence electrons. The molecule has 0 amide bonds. The molecular formula is C15H15ClN4O. The Morgan fingerprint density at radius 3 is 2.76 bits per heavy atom. The van der Waals surface area contributed by atoms with Gasteiger partial charge in [0.2, 0.25) is 0 Å².